The average Bonchev–Trinajstić information content (AvgIpc) is 2.91. The van der Waals surface area contributed by atoms with Crippen molar-refractivity contribution in [2.24, 2.45) is 0 Å². The fourth-order valence-electron chi connectivity index (χ4n) is 3.33. The zero-order valence-electron chi connectivity index (χ0n) is 17.1. The molecule has 0 spiro atoms. The van der Waals surface area contributed by atoms with Crippen molar-refractivity contribution in [2.75, 3.05) is 29.9 Å². The van der Waals surface area contributed by atoms with E-state index in [1.165, 1.54) is 0 Å². The maximum atomic E-state index is 13.2. The number of anilines is 2. The Labute approximate surface area is 176 Å². The van der Waals surface area contributed by atoms with Gasteiger partial charge >= 0.3 is 0 Å². The molecule has 3 aromatic rings. The molecule has 0 bridgehead atoms. The molecule has 0 aliphatic carbocycles. The average molecular weight is 403 g/mol. The van der Waals surface area contributed by atoms with E-state index in [-0.39, 0.29) is 5.91 Å². The van der Waals surface area contributed by atoms with E-state index in [9.17, 15) is 9.90 Å². The molecule has 0 unspecified atom stereocenters. The fraction of sp³-hybridized carbons (Fsp3) is 0.250. The molecule has 2 aromatic carbocycles. The van der Waals surface area contributed by atoms with E-state index < -0.39 is 5.60 Å². The summed E-state index contributed by atoms with van der Waals surface area (Å²) in [5.74, 6) is 1.13. The second kappa shape index (κ2) is 8.16. The van der Waals surface area contributed by atoms with Gasteiger partial charge in [0.2, 0.25) is 0 Å². The Bertz CT molecular complexity index is 1030. The molecule has 6 heteroatoms. The molecular weight excluding hydrogens is 378 g/mol. The van der Waals surface area contributed by atoms with Crippen LogP contribution in [0.25, 0.3) is 11.1 Å². The molecule has 2 heterocycles. The van der Waals surface area contributed by atoms with Gasteiger partial charge in [0.25, 0.3) is 5.91 Å². The Morgan fingerprint density at radius 1 is 1.10 bits per heavy atom. The summed E-state index contributed by atoms with van der Waals surface area (Å²) < 4.78 is 5.91. The van der Waals surface area contributed by atoms with Crippen LogP contribution in [0.2, 0.25) is 0 Å². The SMILES string of the molecule is CC(C)(O)CNc1ccc(N2CCOc3cc(-c4ccccc4)ccc3C2=O)cn1. The van der Waals surface area contributed by atoms with Gasteiger partial charge in [0, 0.05) is 6.54 Å². The number of carbonyl (C=O) groups excluding carboxylic acids is 1. The van der Waals surface area contributed by atoms with Gasteiger partial charge in [0.15, 0.2) is 0 Å². The highest BCUT2D eigenvalue weighted by Crippen LogP contribution is 2.31. The van der Waals surface area contributed by atoms with Gasteiger partial charge in [-0.1, -0.05) is 36.4 Å². The second-order valence-electron chi connectivity index (χ2n) is 7.95. The lowest BCUT2D eigenvalue weighted by atomic mass is 10.0. The van der Waals surface area contributed by atoms with Gasteiger partial charge < -0.3 is 20.1 Å². The van der Waals surface area contributed by atoms with Gasteiger partial charge in [0.1, 0.15) is 18.2 Å². The molecular formula is C24H25N3O3. The van der Waals surface area contributed by atoms with Crippen LogP contribution in [-0.2, 0) is 0 Å². The molecule has 1 aromatic heterocycles. The van der Waals surface area contributed by atoms with Crippen LogP contribution in [0.5, 0.6) is 5.75 Å². The first-order chi connectivity index (χ1) is 14.4. The highest BCUT2D eigenvalue weighted by Gasteiger charge is 2.25. The second-order valence-corrected chi connectivity index (χ2v) is 7.95. The van der Waals surface area contributed by atoms with E-state index >= 15 is 0 Å². The summed E-state index contributed by atoms with van der Waals surface area (Å²) in [6.45, 7) is 4.67. The third-order valence-electron chi connectivity index (χ3n) is 4.90. The molecule has 1 aliphatic rings. The van der Waals surface area contributed by atoms with Crippen LogP contribution in [0.1, 0.15) is 24.2 Å². The Morgan fingerprint density at radius 3 is 2.60 bits per heavy atom. The number of nitrogens with zero attached hydrogens (tertiary/aromatic N) is 2. The molecule has 6 nitrogen and oxygen atoms in total. The van der Waals surface area contributed by atoms with Gasteiger partial charge in [-0.25, -0.2) is 4.98 Å². The Kier molecular flexibility index (Phi) is 5.42. The summed E-state index contributed by atoms with van der Waals surface area (Å²) in [5.41, 5.74) is 2.50. The van der Waals surface area contributed by atoms with Crippen LogP contribution >= 0.6 is 0 Å². The van der Waals surface area contributed by atoms with E-state index in [0.29, 0.717) is 42.5 Å². The molecule has 0 saturated heterocycles. The molecule has 1 amide bonds. The number of amides is 1. The maximum absolute atomic E-state index is 13.2. The third-order valence-corrected chi connectivity index (χ3v) is 4.90. The fourth-order valence-corrected chi connectivity index (χ4v) is 3.33. The normalized spacial score (nSPS) is 14.0. The number of carbonyl (C=O) groups is 1. The lowest BCUT2D eigenvalue weighted by Gasteiger charge is -2.21. The molecule has 2 N–H and O–H groups in total. The molecule has 0 radical (unpaired) electrons. The standard InChI is InChI=1S/C24H25N3O3/c1-24(2,29)16-26-22-11-9-19(15-25-22)27-12-13-30-21-14-18(8-10-20(21)23(27)28)17-6-4-3-5-7-17/h3-11,14-15,29H,12-13,16H2,1-2H3,(H,25,26). The van der Waals surface area contributed by atoms with Crippen molar-refractivity contribution in [1.29, 1.82) is 0 Å². The number of benzene rings is 2. The number of aliphatic hydroxyl groups is 1. The van der Waals surface area contributed by atoms with Gasteiger partial charge in [0.05, 0.1) is 29.6 Å². The summed E-state index contributed by atoms with van der Waals surface area (Å²) in [5, 5.41) is 12.9. The molecule has 0 atom stereocenters. The molecule has 30 heavy (non-hydrogen) atoms. The quantitative estimate of drug-likeness (QED) is 0.674. The van der Waals surface area contributed by atoms with Crippen LogP contribution in [0.4, 0.5) is 11.5 Å². The minimum atomic E-state index is -0.833. The van der Waals surface area contributed by atoms with Crippen LogP contribution in [0, 0.1) is 0 Å². The Balaban J connectivity index is 1.55. The zero-order chi connectivity index (χ0) is 21.1. The Hall–Kier alpha value is -3.38. The van der Waals surface area contributed by atoms with E-state index in [0.717, 1.165) is 11.1 Å². The van der Waals surface area contributed by atoms with E-state index in [1.54, 1.807) is 31.0 Å². The van der Waals surface area contributed by atoms with Crippen LogP contribution in [0.15, 0.2) is 66.9 Å². The highest BCUT2D eigenvalue weighted by molar-refractivity contribution is 6.08. The summed E-state index contributed by atoms with van der Waals surface area (Å²) >= 11 is 0. The maximum Gasteiger partial charge on any atom is 0.262 e. The van der Waals surface area contributed by atoms with Gasteiger partial charge in [-0.15, -0.1) is 0 Å². The number of rotatable bonds is 5. The third kappa shape index (κ3) is 4.44. The largest absolute Gasteiger partial charge is 0.491 e. The topological polar surface area (TPSA) is 74.7 Å². The van der Waals surface area contributed by atoms with Crippen molar-refractivity contribution in [1.82, 2.24) is 4.98 Å². The van der Waals surface area contributed by atoms with Crippen molar-refractivity contribution >= 4 is 17.4 Å². The number of fused-ring (bicyclic) bond motifs is 1. The summed E-state index contributed by atoms with van der Waals surface area (Å²) in [6, 6.07) is 19.4. The van der Waals surface area contributed by atoms with Crippen molar-refractivity contribution in [3.63, 3.8) is 0 Å². The number of aromatic nitrogens is 1. The lowest BCUT2D eigenvalue weighted by Crippen LogP contribution is -2.32. The first kappa shape index (κ1) is 19.9. The highest BCUT2D eigenvalue weighted by atomic mass is 16.5. The van der Waals surface area contributed by atoms with Crippen LogP contribution in [0.3, 0.4) is 0 Å². The summed E-state index contributed by atoms with van der Waals surface area (Å²) in [6.07, 6.45) is 1.66. The number of pyridine rings is 1. The summed E-state index contributed by atoms with van der Waals surface area (Å²) in [4.78, 5) is 19.3. The first-order valence-electron chi connectivity index (χ1n) is 9.97. The van der Waals surface area contributed by atoms with Gasteiger partial charge in [-0.3, -0.25) is 4.79 Å². The lowest BCUT2D eigenvalue weighted by molar-refractivity contribution is 0.0943. The van der Waals surface area contributed by atoms with E-state index in [1.807, 2.05) is 54.6 Å². The molecule has 4 rings (SSSR count). The predicted molar refractivity (Wildman–Crippen MR) is 118 cm³/mol. The van der Waals surface area contributed by atoms with Crippen molar-refractivity contribution < 1.29 is 14.6 Å². The van der Waals surface area contributed by atoms with Crippen molar-refractivity contribution in [2.45, 2.75) is 19.4 Å². The minimum Gasteiger partial charge on any atom is -0.491 e. The van der Waals surface area contributed by atoms with Crippen LogP contribution in [-0.4, -0.2) is 41.3 Å². The number of nitrogens with one attached hydrogen (secondary N) is 1. The van der Waals surface area contributed by atoms with Crippen molar-refractivity contribution in [3.05, 3.63) is 72.4 Å². The minimum absolute atomic E-state index is 0.110. The van der Waals surface area contributed by atoms with Gasteiger partial charge in [-0.05, 0) is 49.2 Å². The Morgan fingerprint density at radius 2 is 1.90 bits per heavy atom. The first-order valence-corrected chi connectivity index (χ1v) is 9.97. The van der Waals surface area contributed by atoms with Crippen LogP contribution < -0.4 is 15.0 Å². The number of hydrogen-bond acceptors (Lipinski definition) is 5. The number of hydrogen-bond donors (Lipinski definition) is 2. The van der Waals surface area contributed by atoms with E-state index in [4.69, 9.17) is 4.74 Å². The van der Waals surface area contributed by atoms with E-state index in [2.05, 4.69) is 10.3 Å². The smallest absolute Gasteiger partial charge is 0.262 e. The number of ether oxygens (including phenoxy) is 1. The molecule has 0 fully saturated rings. The molecule has 154 valence electrons. The molecule has 1 aliphatic heterocycles. The zero-order valence-corrected chi connectivity index (χ0v) is 17.1. The van der Waals surface area contributed by atoms with Crippen molar-refractivity contribution in [3.8, 4) is 16.9 Å². The summed E-state index contributed by atoms with van der Waals surface area (Å²) in [7, 11) is 0. The van der Waals surface area contributed by atoms with Gasteiger partial charge in [-0.2, -0.15) is 0 Å². The molecule has 0 saturated carbocycles. The monoisotopic (exact) mass is 403 g/mol. The predicted octanol–water partition coefficient (Wildman–Crippen LogP) is 3.97.